The summed E-state index contributed by atoms with van der Waals surface area (Å²) in [5.74, 6) is 5.15. The van der Waals surface area contributed by atoms with Crippen molar-refractivity contribution in [3.8, 4) is 91.0 Å². The first-order valence-corrected chi connectivity index (χ1v) is 18.1. The third-order valence-corrected chi connectivity index (χ3v) is 9.04. The zero-order valence-electron chi connectivity index (χ0n) is 30.5. The fourth-order valence-electron chi connectivity index (χ4n) is 6.37. The third kappa shape index (κ3) is 7.27. The van der Waals surface area contributed by atoms with Crippen LogP contribution in [0.2, 0.25) is 0 Å². The summed E-state index contributed by atoms with van der Waals surface area (Å²) in [6.45, 7) is 3.73. The van der Waals surface area contributed by atoms with Gasteiger partial charge in [-0.25, -0.2) is 44.9 Å². The van der Waals surface area contributed by atoms with Crippen LogP contribution in [0.1, 0.15) is 11.6 Å². The van der Waals surface area contributed by atoms with Crippen LogP contribution in [0.15, 0.2) is 158 Å². The van der Waals surface area contributed by atoms with E-state index < -0.39 is 0 Å². The highest BCUT2D eigenvalue weighted by atomic mass is 15.0. The SMILES string of the molecule is Cc1nc(C)nc(-c2ccc(-c3nc(-c4ccccc4)nc(-c4cc(-c5ccccn5)cc(-c5nc(-c6ccccc6)nc(-c6ccccc6)n5)c4)n3)cc2)n1. The van der Waals surface area contributed by atoms with Gasteiger partial charge in [-0.2, -0.15) is 0 Å². The van der Waals surface area contributed by atoms with Gasteiger partial charge in [0.05, 0.1) is 5.69 Å². The van der Waals surface area contributed by atoms with Crippen LogP contribution >= 0.6 is 0 Å². The Balaban J connectivity index is 1.23. The van der Waals surface area contributed by atoms with Gasteiger partial charge < -0.3 is 0 Å². The average molecular weight is 725 g/mol. The number of hydrogen-bond acceptors (Lipinski definition) is 10. The number of benzene rings is 5. The van der Waals surface area contributed by atoms with Crippen LogP contribution in [-0.4, -0.2) is 49.8 Å². The summed E-state index contributed by atoms with van der Waals surface area (Å²) in [7, 11) is 0. The minimum absolute atomic E-state index is 0.487. The molecule has 0 amide bonds. The molecule has 0 bridgehead atoms. The number of nitrogens with zero attached hydrogens (tertiary/aromatic N) is 10. The zero-order chi connectivity index (χ0) is 37.8. The number of rotatable bonds is 8. The minimum Gasteiger partial charge on any atom is -0.256 e. The number of aryl methyl sites for hydroxylation is 2. The Morgan fingerprint density at radius 3 is 0.964 bits per heavy atom. The van der Waals surface area contributed by atoms with E-state index in [9.17, 15) is 0 Å². The predicted molar refractivity (Wildman–Crippen MR) is 217 cm³/mol. The molecule has 0 unspecified atom stereocenters. The monoisotopic (exact) mass is 724 g/mol. The summed E-state index contributed by atoms with van der Waals surface area (Å²) in [5, 5.41) is 0. The van der Waals surface area contributed by atoms with Crippen molar-refractivity contribution < 1.29 is 0 Å². The number of pyridine rings is 1. The number of aromatic nitrogens is 10. The Labute approximate surface area is 323 Å². The molecule has 9 rings (SSSR count). The molecule has 4 heterocycles. The van der Waals surface area contributed by atoms with E-state index in [1.165, 1.54) is 0 Å². The topological polar surface area (TPSA) is 129 Å². The standard InChI is InChI=1S/C46H32N10/c1-29-48-30(2)50-40(49-29)34-21-23-35(24-22-34)44-52-43(33-18-10-5-11-19-33)55-46(56-44)38-27-36(39-20-12-13-25-47-39)26-37(28-38)45-53-41(31-14-6-3-7-15-31)51-42(54-45)32-16-8-4-9-17-32/h3-28H,1-2H3. The first kappa shape index (κ1) is 34.1. The Morgan fingerprint density at radius 2 is 0.589 bits per heavy atom. The second-order valence-electron chi connectivity index (χ2n) is 13.1. The predicted octanol–water partition coefficient (Wildman–Crippen LogP) is 9.59. The molecule has 0 radical (unpaired) electrons. The van der Waals surface area contributed by atoms with E-state index in [-0.39, 0.29) is 0 Å². The van der Waals surface area contributed by atoms with Gasteiger partial charge in [0.1, 0.15) is 11.6 Å². The van der Waals surface area contributed by atoms with Crippen molar-refractivity contribution in [1.29, 1.82) is 0 Å². The van der Waals surface area contributed by atoms with Gasteiger partial charge in [-0.15, -0.1) is 0 Å². The number of hydrogen-bond donors (Lipinski definition) is 0. The van der Waals surface area contributed by atoms with Crippen molar-refractivity contribution in [2.75, 3.05) is 0 Å². The van der Waals surface area contributed by atoms with Gasteiger partial charge in [0.15, 0.2) is 40.8 Å². The van der Waals surface area contributed by atoms with Gasteiger partial charge in [-0.1, -0.05) is 121 Å². The normalized spacial score (nSPS) is 11.0. The smallest absolute Gasteiger partial charge is 0.164 e. The van der Waals surface area contributed by atoms with Crippen LogP contribution in [0.3, 0.4) is 0 Å². The highest BCUT2D eigenvalue weighted by Gasteiger charge is 2.18. The summed E-state index contributed by atoms with van der Waals surface area (Å²) in [6, 6.07) is 49.7. The zero-order valence-corrected chi connectivity index (χ0v) is 30.5. The van der Waals surface area contributed by atoms with Crippen molar-refractivity contribution in [2.45, 2.75) is 13.8 Å². The summed E-state index contributed by atoms with van der Waals surface area (Å²) in [6.07, 6.45) is 1.78. The molecule has 0 spiro atoms. The maximum atomic E-state index is 5.09. The van der Waals surface area contributed by atoms with Crippen LogP contribution in [-0.2, 0) is 0 Å². The van der Waals surface area contributed by atoms with Gasteiger partial charge in [0, 0.05) is 50.7 Å². The molecule has 9 aromatic rings. The van der Waals surface area contributed by atoms with Crippen molar-refractivity contribution in [3.05, 3.63) is 170 Å². The molecule has 0 aliphatic carbocycles. The molecule has 0 saturated heterocycles. The van der Waals surface area contributed by atoms with Gasteiger partial charge in [-0.05, 0) is 44.2 Å². The van der Waals surface area contributed by atoms with E-state index in [0.29, 0.717) is 52.4 Å². The summed E-state index contributed by atoms with van der Waals surface area (Å²) in [5.41, 5.74) is 7.47. The molecule has 56 heavy (non-hydrogen) atoms. The van der Waals surface area contributed by atoms with E-state index in [1.807, 2.05) is 166 Å². The second kappa shape index (κ2) is 15.0. The highest BCUT2D eigenvalue weighted by molar-refractivity contribution is 5.78. The Hall–Kier alpha value is -7.72. The summed E-state index contributed by atoms with van der Waals surface area (Å²) < 4.78 is 0. The van der Waals surface area contributed by atoms with Gasteiger partial charge in [-0.3, -0.25) is 4.98 Å². The maximum absolute atomic E-state index is 5.09. The Morgan fingerprint density at radius 1 is 0.268 bits per heavy atom. The second-order valence-corrected chi connectivity index (χ2v) is 13.1. The molecule has 0 fully saturated rings. The lowest BCUT2D eigenvalue weighted by Crippen LogP contribution is -2.02. The van der Waals surface area contributed by atoms with Crippen molar-refractivity contribution in [2.24, 2.45) is 0 Å². The van der Waals surface area contributed by atoms with E-state index in [0.717, 1.165) is 50.2 Å². The van der Waals surface area contributed by atoms with Crippen LogP contribution in [0.5, 0.6) is 0 Å². The lowest BCUT2D eigenvalue weighted by molar-refractivity contribution is 0.928. The molecule has 10 nitrogen and oxygen atoms in total. The minimum atomic E-state index is 0.487. The summed E-state index contributed by atoms with van der Waals surface area (Å²) in [4.78, 5) is 48.2. The first-order valence-electron chi connectivity index (χ1n) is 18.1. The van der Waals surface area contributed by atoms with Crippen molar-refractivity contribution >= 4 is 0 Å². The van der Waals surface area contributed by atoms with E-state index >= 15 is 0 Å². The third-order valence-electron chi connectivity index (χ3n) is 9.04. The molecular formula is C46H32N10. The molecule has 0 atom stereocenters. The molecule has 0 aliphatic heterocycles. The summed E-state index contributed by atoms with van der Waals surface area (Å²) >= 11 is 0. The average Bonchev–Trinajstić information content (AvgIpc) is 3.27. The molecule has 4 aromatic heterocycles. The lowest BCUT2D eigenvalue weighted by atomic mass is 10.0. The Bertz CT molecular complexity index is 2720. The molecule has 10 heteroatoms. The lowest BCUT2D eigenvalue weighted by Gasteiger charge is -2.13. The highest BCUT2D eigenvalue weighted by Crippen LogP contribution is 2.33. The van der Waals surface area contributed by atoms with E-state index in [4.69, 9.17) is 34.9 Å². The Kier molecular flexibility index (Phi) is 9.10. The van der Waals surface area contributed by atoms with Gasteiger partial charge >= 0.3 is 0 Å². The van der Waals surface area contributed by atoms with Gasteiger partial charge in [0.2, 0.25) is 0 Å². The maximum Gasteiger partial charge on any atom is 0.164 e. The van der Waals surface area contributed by atoms with Crippen LogP contribution in [0.25, 0.3) is 91.0 Å². The fraction of sp³-hybridized carbons (Fsp3) is 0.0435. The molecule has 0 saturated carbocycles. The van der Waals surface area contributed by atoms with Crippen LogP contribution in [0, 0.1) is 13.8 Å². The first-order chi connectivity index (χ1) is 27.5. The molecule has 0 aliphatic rings. The fourth-order valence-corrected chi connectivity index (χ4v) is 6.37. The molecular weight excluding hydrogens is 693 g/mol. The molecule has 266 valence electrons. The quantitative estimate of drug-likeness (QED) is 0.149. The van der Waals surface area contributed by atoms with Gasteiger partial charge in [0.25, 0.3) is 0 Å². The molecule has 0 N–H and O–H groups in total. The van der Waals surface area contributed by atoms with Crippen LogP contribution < -0.4 is 0 Å². The van der Waals surface area contributed by atoms with Crippen LogP contribution in [0.4, 0.5) is 0 Å². The van der Waals surface area contributed by atoms with E-state index in [2.05, 4.69) is 15.0 Å². The largest absolute Gasteiger partial charge is 0.256 e. The van der Waals surface area contributed by atoms with E-state index in [1.54, 1.807) is 6.20 Å². The van der Waals surface area contributed by atoms with Crippen molar-refractivity contribution in [1.82, 2.24) is 49.8 Å². The molecule has 5 aromatic carbocycles. The van der Waals surface area contributed by atoms with Crippen molar-refractivity contribution in [3.63, 3.8) is 0 Å².